The van der Waals surface area contributed by atoms with Gasteiger partial charge in [0.15, 0.2) is 5.66 Å². The Labute approximate surface area is 93.0 Å². The minimum Gasteiger partial charge on any atom is -0.364 e. The SMILES string of the molecule is Cc1noc(C)c1C(=O)C1(N)C=CC=CN1. The molecule has 3 N–H and O–H groups in total. The number of allylic oxidation sites excluding steroid dienone is 2. The minimum atomic E-state index is -1.21. The zero-order valence-corrected chi connectivity index (χ0v) is 9.15. The fourth-order valence-electron chi connectivity index (χ4n) is 1.65. The highest BCUT2D eigenvalue weighted by atomic mass is 16.5. The van der Waals surface area contributed by atoms with Crippen molar-refractivity contribution in [2.75, 3.05) is 0 Å². The van der Waals surface area contributed by atoms with Crippen LogP contribution in [0.25, 0.3) is 0 Å². The van der Waals surface area contributed by atoms with E-state index in [0.29, 0.717) is 17.0 Å². The molecule has 1 aliphatic heterocycles. The van der Waals surface area contributed by atoms with Gasteiger partial charge in [0.2, 0.25) is 5.78 Å². The summed E-state index contributed by atoms with van der Waals surface area (Å²) < 4.78 is 4.96. The Kier molecular flexibility index (Phi) is 2.40. The van der Waals surface area contributed by atoms with Crippen LogP contribution in [0.1, 0.15) is 21.8 Å². The smallest absolute Gasteiger partial charge is 0.212 e. The first-order valence-corrected chi connectivity index (χ1v) is 4.93. The topological polar surface area (TPSA) is 81.2 Å². The summed E-state index contributed by atoms with van der Waals surface area (Å²) in [7, 11) is 0. The van der Waals surface area contributed by atoms with Crippen molar-refractivity contribution in [3.63, 3.8) is 0 Å². The molecule has 2 rings (SSSR count). The van der Waals surface area contributed by atoms with E-state index >= 15 is 0 Å². The van der Waals surface area contributed by atoms with Gasteiger partial charge in [0.25, 0.3) is 0 Å². The zero-order valence-electron chi connectivity index (χ0n) is 9.15. The van der Waals surface area contributed by atoms with Crippen LogP contribution in [0.15, 0.2) is 29.0 Å². The van der Waals surface area contributed by atoms with E-state index in [-0.39, 0.29) is 5.78 Å². The Hall–Kier alpha value is -1.88. The second-order valence-electron chi connectivity index (χ2n) is 3.76. The van der Waals surface area contributed by atoms with Crippen LogP contribution in [0, 0.1) is 13.8 Å². The van der Waals surface area contributed by atoms with Gasteiger partial charge >= 0.3 is 0 Å². The van der Waals surface area contributed by atoms with E-state index in [2.05, 4.69) is 10.5 Å². The number of carbonyl (C=O) groups excluding carboxylic acids is 1. The number of Topliss-reactive ketones (excluding diaryl/α,β-unsaturated/α-hetero) is 1. The van der Waals surface area contributed by atoms with Crippen LogP contribution < -0.4 is 11.1 Å². The largest absolute Gasteiger partial charge is 0.364 e. The van der Waals surface area contributed by atoms with Crippen LogP contribution in [0.2, 0.25) is 0 Å². The van der Waals surface area contributed by atoms with E-state index in [0.717, 1.165) is 0 Å². The molecule has 1 aromatic heterocycles. The van der Waals surface area contributed by atoms with E-state index in [1.807, 2.05) is 0 Å². The third-order valence-electron chi connectivity index (χ3n) is 2.52. The van der Waals surface area contributed by atoms with Crippen LogP contribution in [0.3, 0.4) is 0 Å². The molecule has 0 aromatic carbocycles. The van der Waals surface area contributed by atoms with Crippen molar-refractivity contribution in [1.29, 1.82) is 0 Å². The Bertz CT molecular complexity index is 468. The summed E-state index contributed by atoms with van der Waals surface area (Å²) in [5, 5.41) is 6.57. The molecular weight excluding hydrogens is 206 g/mol. The molecule has 1 atom stereocenters. The molecule has 0 saturated carbocycles. The maximum absolute atomic E-state index is 12.3. The predicted molar refractivity (Wildman–Crippen MR) is 58.6 cm³/mol. The molecule has 5 heteroatoms. The molecule has 0 bridgehead atoms. The second kappa shape index (κ2) is 3.61. The number of hydrogen-bond acceptors (Lipinski definition) is 5. The summed E-state index contributed by atoms with van der Waals surface area (Å²) in [6, 6.07) is 0. The van der Waals surface area contributed by atoms with Gasteiger partial charge in [-0.25, -0.2) is 0 Å². The highest BCUT2D eigenvalue weighted by Gasteiger charge is 2.35. The van der Waals surface area contributed by atoms with Crippen LogP contribution in [-0.2, 0) is 0 Å². The van der Waals surface area contributed by atoms with Crippen molar-refractivity contribution >= 4 is 5.78 Å². The van der Waals surface area contributed by atoms with Crippen molar-refractivity contribution in [3.8, 4) is 0 Å². The molecule has 1 aliphatic rings. The number of nitrogens with two attached hydrogens (primary N) is 1. The van der Waals surface area contributed by atoms with E-state index in [1.165, 1.54) is 0 Å². The van der Waals surface area contributed by atoms with E-state index in [9.17, 15) is 4.79 Å². The lowest BCUT2D eigenvalue weighted by Crippen LogP contribution is -2.57. The van der Waals surface area contributed by atoms with Crippen molar-refractivity contribution in [3.05, 3.63) is 41.4 Å². The highest BCUT2D eigenvalue weighted by molar-refractivity contribution is 6.05. The Morgan fingerprint density at radius 2 is 2.25 bits per heavy atom. The number of dihydropyridines is 1. The summed E-state index contributed by atoms with van der Waals surface area (Å²) in [5.74, 6) is 0.237. The standard InChI is InChI=1S/C11H13N3O2/c1-7-9(8(2)16-14-7)10(15)11(12)5-3-4-6-13-11/h3-6,13H,12H2,1-2H3. The Balaban J connectivity index is 2.39. The van der Waals surface area contributed by atoms with Gasteiger partial charge in [-0.3, -0.25) is 10.5 Å². The molecule has 84 valence electrons. The van der Waals surface area contributed by atoms with E-state index in [4.69, 9.17) is 10.3 Å². The number of aryl methyl sites for hydroxylation is 2. The molecule has 0 saturated heterocycles. The maximum atomic E-state index is 12.3. The quantitative estimate of drug-likeness (QED) is 0.719. The minimum absolute atomic E-state index is 0.246. The van der Waals surface area contributed by atoms with Crippen molar-refractivity contribution in [1.82, 2.24) is 10.5 Å². The predicted octanol–water partition coefficient (Wildman–Crippen LogP) is 0.802. The lowest BCUT2D eigenvalue weighted by atomic mass is 9.96. The normalized spacial score (nSPS) is 23.2. The number of ketones is 1. The molecule has 0 amide bonds. The molecule has 16 heavy (non-hydrogen) atoms. The highest BCUT2D eigenvalue weighted by Crippen LogP contribution is 2.19. The summed E-state index contributed by atoms with van der Waals surface area (Å²) in [6.07, 6.45) is 6.75. The van der Waals surface area contributed by atoms with Gasteiger partial charge < -0.3 is 9.84 Å². The number of nitrogens with zero attached hydrogens (tertiary/aromatic N) is 1. The van der Waals surface area contributed by atoms with E-state index < -0.39 is 5.66 Å². The van der Waals surface area contributed by atoms with Gasteiger partial charge in [0.05, 0.1) is 11.3 Å². The van der Waals surface area contributed by atoms with Gasteiger partial charge in [0, 0.05) is 0 Å². The number of carbonyl (C=O) groups is 1. The molecule has 1 unspecified atom stereocenters. The number of rotatable bonds is 2. The second-order valence-corrected chi connectivity index (χ2v) is 3.76. The monoisotopic (exact) mass is 219 g/mol. The van der Waals surface area contributed by atoms with Crippen LogP contribution in [-0.4, -0.2) is 16.6 Å². The van der Waals surface area contributed by atoms with Gasteiger partial charge in [-0.15, -0.1) is 0 Å². The molecule has 1 aromatic rings. The molecular formula is C11H13N3O2. The fraction of sp³-hybridized carbons (Fsp3) is 0.273. The van der Waals surface area contributed by atoms with Crippen LogP contribution in [0.5, 0.6) is 0 Å². The molecule has 5 nitrogen and oxygen atoms in total. The third-order valence-corrected chi connectivity index (χ3v) is 2.52. The van der Waals surface area contributed by atoms with E-state index in [1.54, 1.807) is 38.3 Å². The van der Waals surface area contributed by atoms with Gasteiger partial charge in [-0.05, 0) is 32.2 Å². The Morgan fingerprint density at radius 3 is 2.75 bits per heavy atom. The molecule has 0 radical (unpaired) electrons. The average Bonchev–Trinajstić information content (AvgIpc) is 2.59. The van der Waals surface area contributed by atoms with Crippen LogP contribution in [0.4, 0.5) is 0 Å². The van der Waals surface area contributed by atoms with Crippen molar-refractivity contribution in [2.45, 2.75) is 19.5 Å². The molecule has 0 aliphatic carbocycles. The van der Waals surface area contributed by atoms with Crippen molar-refractivity contribution in [2.24, 2.45) is 5.73 Å². The van der Waals surface area contributed by atoms with Crippen molar-refractivity contribution < 1.29 is 9.32 Å². The lowest BCUT2D eigenvalue weighted by Gasteiger charge is -2.26. The number of hydrogen-bond donors (Lipinski definition) is 2. The number of aromatic nitrogens is 1. The Morgan fingerprint density at radius 1 is 1.50 bits per heavy atom. The zero-order chi connectivity index (χ0) is 11.8. The summed E-state index contributed by atoms with van der Waals surface area (Å²) in [5.41, 5.74) is 5.74. The lowest BCUT2D eigenvalue weighted by molar-refractivity contribution is 0.0903. The van der Waals surface area contributed by atoms with Gasteiger partial charge in [-0.2, -0.15) is 0 Å². The summed E-state index contributed by atoms with van der Waals surface area (Å²) in [4.78, 5) is 12.3. The van der Waals surface area contributed by atoms with Gasteiger partial charge in [-0.1, -0.05) is 11.2 Å². The first-order valence-electron chi connectivity index (χ1n) is 4.93. The summed E-state index contributed by atoms with van der Waals surface area (Å²) >= 11 is 0. The maximum Gasteiger partial charge on any atom is 0.212 e. The molecule has 0 fully saturated rings. The number of nitrogens with one attached hydrogen (secondary N) is 1. The fourth-order valence-corrected chi connectivity index (χ4v) is 1.65. The first-order chi connectivity index (χ1) is 7.54. The average molecular weight is 219 g/mol. The third kappa shape index (κ3) is 1.55. The van der Waals surface area contributed by atoms with Crippen LogP contribution >= 0.6 is 0 Å². The summed E-state index contributed by atoms with van der Waals surface area (Å²) in [6.45, 7) is 3.41. The molecule has 0 spiro atoms. The molecule has 2 heterocycles. The first kappa shape index (κ1) is 10.6. The van der Waals surface area contributed by atoms with Gasteiger partial charge in [0.1, 0.15) is 5.76 Å².